The lowest BCUT2D eigenvalue weighted by Gasteiger charge is -2.40. The molecule has 1 amide bonds. The van der Waals surface area contributed by atoms with E-state index in [1.165, 1.54) is 0 Å². The fourth-order valence-corrected chi connectivity index (χ4v) is 3.25. The number of carbonyl (C=O) groups is 1. The largest absolute Gasteiger partial charge is 0.391 e. The molecule has 1 fully saturated rings. The van der Waals surface area contributed by atoms with Crippen molar-refractivity contribution in [3.8, 4) is 0 Å². The van der Waals surface area contributed by atoms with E-state index >= 15 is 0 Å². The molecule has 0 saturated carbocycles. The molecule has 0 spiro atoms. The number of amides is 1. The highest BCUT2D eigenvalue weighted by Gasteiger charge is 2.37. The summed E-state index contributed by atoms with van der Waals surface area (Å²) in [6.07, 6.45) is 1.96. The molecule has 1 aliphatic rings. The monoisotopic (exact) mass is 297 g/mol. The van der Waals surface area contributed by atoms with Gasteiger partial charge in [-0.25, -0.2) is 0 Å². The van der Waals surface area contributed by atoms with Crippen molar-refractivity contribution in [2.45, 2.75) is 24.8 Å². The number of rotatable bonds is 4. The fourth-order valence-electron chi connectivity index (χ4n) is 2.32. The Hall–Kier alpha value is -0.980. The molecule has 4 nitrogen and oxygen atoms in total. The van der Waals surface area contributed by atoms with Crippen LogP contribution >= 0.6 is 23.6 Å². The van der Waals surface area contributed by atoms with Gasteiger partial charge >= 0.3 is 0 Å². The number of thiophene rings is 1. The van der Waals surface area contributed by atoms with Crippen LogP contribution in [-0.2, 0) is 11.2 Å². The van der Waals surface area contributed by atoms with Crippen LogP contribution in [0.1, 0.15) is 18.4 Å². The molecule has 19 heavy (non-hydrogen) atoms. The second-order valence-corrected chi connectivity index (χ2v) is 6.33. The predicted molar refractivity (Wildman–Crippen MR) is 82.4 cm³/mol. The molecule has 6 heteroatoms. The van der Waals surface area contributed by atoms with E-state index in [0.717, 1.165) is 31.5 Å². The van der Waals surface area contributed by atoms with Crippen molar-refractivity contribution >= 4 is 34.5 Å². The van der Waals surface area contributed by atoms with Gasteiger partial charge in [0.15, 0.2) is 0 Å². The van der Waals surface area contributed by atoms with Gasteiger partial charge in [0.2, 0.25) is 5.91 Å². The summed E-state index contributed by atoms with van der Waals surface area (Å²) in [7, 11) is 2.07. The fraction of sp³-hybridized carbons (Fsp3) is 0.538. The first kappa shape index (κ1) is 14.4. The number of nitrogens with one attached hydrogen (secondary N) is 1. The number of hydrogen-bond acceptors (Lipinski definition) is 4. The van der Waals surface area contributed by atoms with E-state index in [1.54, 1.807) is 11.3 Å². The molecule has 0 atom stereocenters. The summed E-state index contributed by atoms with van der Waals surface area (Å²) in [5, 5.41) is 7.02. The zero-order chi connectivity index (χ0) is 13.9. The molecule has 0 aliphatic carbocycles. The van der Waals surface area contributed by atoms with E-state index in [9.17, 15) is 4.79 Å². The Morgan fingerprint density at radius 3 is 2.79 bits per heavy atom. The average Bonchev–Trinajstić information content (AvgIpc) is 2.84. The molecule has 1 aromatic rings. The maximum absolute atomic E-state index is 12.1. The van der Waals surface area contributed by atoms with E-state index in [1.807, 2.05) is 16.8 Å². The average molecular weight is 297 g/mol. The molecule has 2 rings (SSSR count). The third kappa shape index (κ3) is 3.52. The molecule has 1 aromatic heterocycles. The molecule has 0 bridgehead atoms. The number of thiocarbonyl (C=S) groups is 1. The van der Waals surface area contributed by atoms with Gasteiger partial charge in [-0.05, 0) is 42.3 Å². The van der Waals surface area contributed by atoms with Crippen molar-refractivity contribution in [1.29, 1.82) is 0 Å². The van der Waals surface area contributed by atoms with Crippen LogP contribution in [0, 0.1) is 0 Å². The first-order valence-corrected chi connectivity index (χ1v) is 7.67. The Bertz CT molecular complexity index is 450. The third-order valence-electron chi connectivity index (χ3n) is 3.64. The van der Waals surface area contributed by atoms with E-state index in [4.69, 9.17) is 18.0 Å². The molecule has 2 heterocycles. The van der Waals surface area contributed by atoms with E-state index in [2.05, 4.69) is 17.3 Å². The lowest BCUT2D eigenvalue weighted by molar-refractivity contribution is -0.122. The zero-order valence-electron chi connectivity index (χ0n) is 11.0. The van der Waals surface area contributed by atoms with Crippen LogP contribution in [0.4, 0.5) is 0 Å². The van der Waals surface area contributed by atoms with Gasteiger partial charge in [0.05, 0.1) is 16.9 Å². The molecule has 0 radical (unpaired) electrons. The van der Waals surface area contributed by atoms with E-state index < -0.39 is 5.54 Å². The summed E-state index contributed by atoms with van der Waals surface area (Å²) < 4.78 is 0. The van der Waals surface area contributed by atoms with Gasteiger partial charge in [-0.1, -0.05) is 12.2 Å². The third-order valence-corrected chi connectivity index (χ3v) is 4.76. The minimum absolute atomic E-state index is 0.00393. The van der Waals surface area contributed by atoms with E-state index in [-0.39, 0.29) is 5.91 Å². The summed E-state index contributed by atoms with van der Waals surface area (Å²) in [4.78, 5) is 14.8. The molecular formula is C13H19N3OS2. The molecule has 104 valence electrons. The summed E-state index contributed by atoms with van der Waals surface area (Å²) in [6, 6.07) is 1.96. The van der Waals surface area contributed by atoms with E-state index in [0.29, 0.717) is 11.4 Å². The van der Waals surface area contributed by atoms with Crippen molar-refractivity contribution in [2.75, 3.05) is 20.1 Å². The van der Waals surface area contributed by atoms with Crippen molar-refractivity contribution in [3.63, 3.8) is 0 Å². The van der Waals surface area contributed by atoms with Gasteiger partial charge < -0.3 is 16.0 Å². The first-order chi connectivity index (χ1) is 9.02. The van der Waals surface area contributed by atoms with Crippen LogP contribution in [0.5, 0.6) is 0 Å². The normalized spacial score (nSPS) is 19.0. The first-order valence-electron chi connectivity index (χ1n) is 6.32. The second kappa shape index (κ2) is 5.98. The lowest BCUT2D eigenvalue weighted by Crippen LogP contribution is -2.61. The van der Waals surface area contributed by atoms with Gasteiger partial charge in [0.25, 0.3) is 0 Å². The number of nitrogens with two attached hydrogens (primary N) is 1. The SMILES string of the molecule is CN1CCC(NC(=O)Cc2ccsc2)(C(N)=S)CC1. The van der Waals surface area contributed by atoms with Gasteiger partial charge in [-0.15, -0.1) is 0 Å². The summed E-state index contributed by atoms with van der Waals surface area (Å²) in [5.41, 5.74) is 6.40. The van der Waals surface area contributed by atoms with Crippen LogP contribution in [0.3, 0.4) is 0 Å². The minimum atomic E-state index is -0.505. The molecule has 1 aliphatic heterocycles. The van der Waals surface area contributed by atoms with Crippen LogP contribution in [-0.4, -0.2) is 41.5 Å². The molecule has 0 aromatic carbocycles. The zero-order valence-corrected chi connectivity index (χ0v) is 12.6. The van der Waals surface area contributed by atoms with Gasteiger partial charge in [-0.3, -0.25) is 4.79 Å². The standard InChI is InChI=1S/C13H19N3OS2/c1-16-5-3-13(4-6-16,12(14)18)15-11(17)8-10-2-7-19-9-10/h2,7,9H,3-6,8H2,1H3,(H2,14,18)(H,15,17). The van der Waals surface area contributed by atoms with Crippen molar-refractivity contribution < 1.29 is 4.79 Å². The van der Waals surface area contributed by atoms with Crippen LogP contribution < -0.4 is 11.1 Å². The number of hydrogen-bond donors (Lipinski definition) is 2. The molecule has 3 N–H and O–H groups in total. The Morgan fingerprint density at radius 1 is 1.58 bits per heavy atom. The van der Waals surface area contributed by atoms with Crippen LogP contribution in [0.2, 0.25) is 0 Å². The molecule has 0 unspecified atom stereocenters. The highest BCUT2D eigenvalue weighted by molar-refractivity contribution is 7.80. The van der Waals surface area contributed by atoms with Gasteiger partial charge in [0, 0.05) is 13.1 Å². The molecule has 1 saturated heterocycles. The quantitative estimate of drug-likeness (QED) is 0.819. The van der Waals surface area contributed by atoms with Gasteiger partial charge in [-0.2, -0.15) is 11.3 Å². The summed E-state index contributed by atoms with van der Waals surface area (Å²) in [6.45, 7) is 1.80. The van der Waals surface area contributed by atoms with Crippen molar-refractivity contribution in [1.82, 2.24) is 10.2 Å². The lowest BCUT2D eigenvalue weighted by atomic mass is 9.87. The number of nitrogens with zero attached hydrogens (tertiary/aromatic N) is 1. The summed E-state index contributed by atoms with van der Waals surface area (Å²) >= 11 is 6.78. The van der Waals surface area contributed by atoms with Crippen LogP contribution in [0.15, 0.2) is 16.8 Å². The van der Waals surface area contributed by atoms with Crippen molar-refractivity contribution in [2.24, 2.45) is 5.73 Å². The Morgan fingerprint density at radius 2 is 2.26 bits per heavy atom. The maximum Gasteiger partial charge on any atom is 0.225 e. The van der Waals surface area contributed by atoms with Gasteiger partial charge in [0.1, 0.15) is 0 Å². The maximum atomic E-state index is 12.1. The highest BCUT2D eigenvalue weighted by Crippen LogP contribution is 2.22. The summed E-state index contributed by atoms with van der Waals surface area (Å²) in [5.74, 6) is -0.00393. The smallest absolute Gasteiger partial charge is 0.225 e. The molecular weight excluding hydrogens is 278 g/mol. The number of carbonyl (C=O) groups excluding carboxylic acids is 1. The predicted octanol–water partition coefficient (Wildman–Crippen LogP) is 1.16. The number of likely N-dealkylation sites (tertiary alicyclic amines) is 1. The van der Waals surface area contributed by atoms with Crippen molar-refractivity contribution in [3.05, 3.63) is 22.4 Å². The topological polar surface area (TPSA) is 58.4 Å². The minimum Gasteiger partial charge on any atom is -0.391 e. The van der Waals surface area contributed by atoms with Crippen LogP contribution in [0.25, 0.3) is 0 Å². The Labute approximate surface area is 123 Å². The second-order valence-electron chi connectivity index (χ2n) is 5.11. The number of piperidine rings is 1. The Kier molecular flexibility index (Phi) is 4.54. The Balaban J connectivity index is 2.01. The highest BCUT2D eigenvalue weighted by atomic mass is 32.1.